The van der Waals surface area contributed by atoms with Crippen LogP contribution in [0.5, 0.6) is 0 Å². The first-order valence-corrected chi connectivity index (χ1v) is 7.22. The average Bonchev–Trinajstić information content (AvgIpc) is 2.37. The summed E-state index contributed by atoms with van der Waals surface area (Å²) in [5, 5.41) is 0. The van der Waals surface area contributed by atoms with Gasteiger partial charge < -0.3 is 5.73 Å². The lowest BCUT2D eigenvalue weighted by Crippen LogP contribution is -2.01. The summed E-state index contributed by atoms with van der Waals surface area (Å²) in [6.45, 7) is 0. The minimum absolute atomic E-state index is 0.772. The van der Waals surface area contributed by atoms with Gasteiger partial charge in [-0.3, -0.25) is 0 Å². The SMILES string of the molecule is Nc1ccc(C2CCCCCCCCC2)cc1. The third-order valence-corrected chi connectivity index (χ3v) is 4.01. The minimum atomic E-state index is 0.772. The molecule has 0 amide bonds. The maximum atomic E-state index is 5.76. The van der Waals surface area contributed by atoms with Gasteiger partial charge in [-0.15, -0.1) is 0 Å². The molecule has 2 N–H and O–H groups in total. The molecule has 0 unspecified atom stereocenters. The number of nitrogen functional groups attached to an aromatic ring is 1. The highest BCUT2D eigenvalue weighted by Crippen LogP contribution is 2.30. The lowest BCUT2D eigenvalue weighted by Gasteiger charge is -2.19. The molecule has 0 bridgehead atoms. The maximum Gasteiger partial charge on any atom is 0.0314 e. The van der Waals surface area contributed by atoms with Crippen LogP contribution in [0.25, 0.3) is 0 Å². The molecule has 0 atom stereocenters. The summed E-state index contributed by atoms with van der Waals surface area (Å²) in [4.78, 5) is 0. The van der Waals surface area contributed by atoms with E-state index < -0.39 is 0 Å². The van der Waals surface area contributed by atoms with Crippen LogP contribution in [0.3, 0.4) is 0 Å². The fourth-order valence-electron chi connectivity index (χ4n) is 2.91. The lowest BCUT2D eigenvalue weighted by atomic mass is 9.87. The van der Waals surface area contributed by atoms with Crippen LogP contribution in [0.15, 0.2) is 24.3 Å². The van der Waals surface area contributed by atoms with E-state index in [2.05, 4.69) is 12.1 Å². The second kappa shape index (κ2) is 6.68. The van der Waals surface area contributed by atoms with Crippen molar-refractivity contribution in [2.45, 2.75) is 63.7 Å². The van der Waals surface area contributed by atoms with Crippen LogP contribution in [0.2, 0.25) is 0 Å². The van der Waals surface area contributed by atoms with Crippen molar-refractivity contribution in [3.05, 3.63) is 29.8 Å². The predicted octanol–water partition coefficient (Wildman–Crippen LogP) is 4.88. The molecule has 1 aliphatic carbocycles. The van der Waals surface area contributed by atoms with Crippen LogP contribution in [0.1, 0.15) is 69.3 Å². The van der Waals surface area contributed by atoms with E-state index in [9.17, 15) is 0 Å². The van der Waals surface area contributed by atoms with Gasteiger partial charge in [0, 0.05) is 5.69 Å². The lowest BCUT2D eigenvalue weighted by molar-refractivity contribution is 0.463. The largest absolute Gasteiger partial charge is 0.399 e. The molecule has 1 heteroatoms. The van der Waals surface area contributed by atoms with Crippen molar-refractivity contribution in [3.63, 3.8) is 0 Å². The number of anilines is 1. The molecule has 1 aliphatic rings. The standard InChI is InChI=1S/C16H25N/c17-16-12-10-15(11-13-16)14-8-6-4-2-1-3-5-7-9-14/h10-14H,1-9,17H2. The first-order chi connectivity index (χ1) is 8.36. The Kier molecular flexibility index (Phi) is 4.90. The molecule has 1 aromatic rings. The second-order valence-electron chi connectivity index (χ2n) is 5.42. The molecule has 1 aromatic carbocycles. The summed E-state index contributed by atoms with van der Waals surface area (Å²) in [6.07, 6.45) is 12.7. The first kappa shape index (κ1) is 12.5. The Bertz CT molecular complexity index is 305. The van der Waals surface area contributed by atoms with Gasteiger partial charge in [0.05, 0.1) is 0 Å². The van der Waals surface area contributed by atoms with Crippen molar-refractivity contribution in [1.82, 2.24) is 0 Å². The molecule has 0 radical (unpaired) electrons. The highest BCUT2D eigenvalue weighted by molar-refractivity contribution is 5.40. The van der Waals surface area contributed by atoms with Gasteiger partial charge in [-0.2, -0.15) is 0 Å². The number of hydrogen-bond donors (Lipinski definition) is 1. The van der Waals surface area contributed by atoms with Crippen LogP contribution >= 0.6 is 0 Å². The molecule has 0 aliphatic heterocycles. The quantitative estimate of drug-likeness (QED) is 0.685. The fourth-order valence-corrected chi connectivity index (χ4v) is 2.91. The Labute approximate surface area is 105 Å². The van der Waals surface area contributed by atoms with Crippen LogP contribution in [0, 0.1) is 0 Å². The molecule has 1 nitrogen and oxygen atoms in total. The van der Waals surface area contributed by atoms with Crippen molar-refractivity contribution in [1.29, 1.82) is 0 Å². The van der Waals surface area contributed by atoms with Gasteiger partial charge in [-0.1, -0.05) is 57.1 Å². The molecule has 0 spiro atoms. The predicted molar refractivity (Wildman–Crippen MR) is 75.1 cm³/mol. The van der Waals surface area contributed by atoms with Crippen LogP contribution in [-0.2, 0) is 0 Å². The molecular weight excluding hydrogens is 206 g/mol. The van der Waals surface area contributed by atoms with E-state index in [1.807, 2.05) is 12.1 Å². The highest BCUT2D eigenvalue weighted by Gasteiger charge is 2.12. The minimum Gasteiger partial charge on any atom is -0.399 e. The Morgan fingerprint density at radius 1 is 0.706 bits per heavy atom. The Balaban J connectivity index is 1.97. The van der Waals surface area contributed by atoms with E-state index in [-0.39, 0.29) is 0 Å². The highest BCUT2D eigenvalue weighted by atomic mass is 14.5. The van der Waals surface area contributed by atoms with Gasteiger partial charge in [-0.25, -0.2) is 0 Å². The Morgan fingerprint density at radius 2 is 1.18 bits per heavy atom. The van der Waals surface area contributed by atoms with Gasteiger partial charge in [-0.05, 0) is 36.5 Å². The summed E-state index contributed by atoms with van der Waals surface area (Å²) in [5.41, 5.74) is 8.14. The van der Waals surface area contributed by atoms with Crippen LogP contribution in [0.4, 0.5) is 5.69 Å². The van der Waals surface area contributed by atoms with E-state index in [1.54, 1.807) is 0 Å². The summed E-state index contributed by atoms with van der Waals surface area (Å²) in [5.74, 6) is 0.772. The molecule has 2 rings (SSSR count). The third-order valence-electron chi connectivity index (χ3n) is 4.01. The second-order valence-corrected chi connectivity index (χ2v) is 5.42. The number of hydrogen-bond acceptors (Lipinski definition) is 1. The monoisotopic (exact) mass is 231 g/mol. The molecule has 1 saturated carbocycles. The van der Waals surface area contributed by atoms with Gasteiger partial charge in [0.1, 0.15) is 0 Å². The van der Waals surface area contributed by atoms with Gasteiger partial charge in [0.15, 0.2) is 0 Å². The van der Waals surface area contributed by atoms with Gasteiger partial charge in [0.25, 0.3) is 0 Å². The van der Waals surface area contributed by atoms with Crippen molar-refractivity contribution in [2.75, 3.05) is 5.73 Å². The van der Waals surface area contributed by atoms with Crippen molar-refractivity contribution < 1.29 is 0 Å². The Hall–Kier alpha value is -0.980. The zero-order valence-corrected chi connectivity index (χ0v) is 10.8. The molecular formula is C16H25N. The van der Waals surface area contributed by atoms with Gasteiger partial charge in [0.2, 0.25) is 0 Å². The van der Waals surface area contributed by atoms with Crippen LogP contribution in [-0.4, -0.2) is 0 Å². The number of benzene rings is 1. The third kappa shape index (κ3) is 4.07. The zero-order chi connectivity index (χ0) is 11.9. The molecule has 0 aromatic heterocycles. The van der Waals surface area contributed by atoms with E-state index in [0.717, 1.165) is 11.6 Å². The number of rotatable bonds is 1. The average molecular weight is 231 g/mol. The molecule has 1 fully saturated rings. The van der Waals surface area contributed by atoms with E-state index in [4.69, 9.17) is 5.73 Å². The van der Waals surface area contributed by atoms with Gasteiger partial charge >= 0.3 is 0 Å². The smallest absolute Gasteiger partial charge is 0.0314 e. The zero-order valence-electron chi connectivity index (χ0n) is 10.8. The molecule has 0 heterocycles. The van der Waals surface area contributed by atoms with Crippen molar-refractivity contribution in [2.24, 2.45) is 0 Å². The van der Waals surface area contributed by atoms with E-state index in [1.165, 1.54) is 63.4 Å². The molecule has 17 heavy (non-hydrogen) atoms. The summed E-state index contributed by atoms with van der Waals surface area (Å²) >= 11 is 0. The normalized spacial score (nSPS) is 20.0. The Morgan fingerprint density at radius 3 is 1.71 bits per heavy atom. The fraction of sp³-hybridized carbons (Fsp3) is 0.625. The summed E-state index contributed by atoms with van der Waals surface area (Å²) in [7, 11) is 0. The maximum absolute atomic E-state index is 5.76. The van der Waals surface area contributed by atoms with Crippen LogP contribution < -0.4 is 5.73 Å². The first-order valence-electron chi connectivity index (χ1n) is 7.22. The van der Waals surface area contributed by atoms with Crippen molar-refractivity contribution >= 4 is 5.69 Å². The summed E-state index contributed by atoms with van der Waals surface area (Å²) < 4.78 is 0. The van der Waals surface area contributed by atoms with E-state index >= 15 is 0 Å². The number of nitrogens with two attached hydrogens (primary N) is 1. The summed E-state index contributed by atoms with van der Waals surface area (Å²) in [6, 6.07) is 8.56. The molecule has 94 valence electrons. The topological polar surface area (TPSA) is 26.0 Å². The molecule has 0 saturated heterocycles. The van der Waals surface area contributed by atoms with Crippen molar-refractivity contribution in [3.8, 4) is 0 Å². The van der Waals surface area contributed by atoms with E-state index in [0.29, 0.717) is 0 Å².